The molecule has 2 heterocycles. The number of hydrogen-bond donors (Lipinski definition) is 2. The average molecular weight is 335 g/mol. The van der Waals surface area contributed by atoms with Gasteiger partial charge in [0.15, 0.2) is 5.96 Å². The Morgan fingerprint density at radius 2 is 2.13 bits per heavy atom. The monoisotopic (exact) mass is 335 g/mol. The Hall–Kier alpha value is -1.86. The fourth-order valence-electron chi connectivity index (χ4n) is 2.36. The number of guanidine groups is 1. The summed E-state index contributed by atoms with van der Waals surface area (Å²) in [5, 5.41) is 13.3. The zero-order valence-corrected chi connectivity index (χ0v) is 15.0. The van der Waals surface area contributed by atoms with Crippen molar-refractivity contribution in [2.75, 3.05) is 20.8 Å². The van der Waals surface area contributed by atoms with Gasteiger partial charge in [0.05, 0.1) is 25.4 Å². The third kappa shape index (κ3) is 4.80. The van der Waals surface area contributed by atoms with Crippen LogP contribution in [0.15, 0.2) is 22.5 Å². The quantitative estimate of drug-likeness (QED) is 0.601. The van der Waals surface area contributed by atoms with Gasteiger partial charge in [0.25, 0.3) is 0 Å². The molecule has 0 aliphatic rings. The van der Waals surface area contributed by atoms with Gasteiger partial charge in [-0.05, 0) is 25.3 Å². The number of thiophene rings is 1. The summed E-state index contributed by atoms with van der Waals surface area (Å²) < 4.78 is 7.13. The molecule has 7 heteroatoms. The average Bonchev–Trinajstić information content (AvgIpc) is 3.15. The molecular formula is C16H25N5OS. The molecule has 0 amide bonds. The van der Waals surface area contributed by atoms with Gasteiger partial charge in [-0.1, -0.05) is 6.07 Å². The Kier molecular flexibility index (Phi) is 6.61. The van der Waals surface area contributed by atoms with Crippen LogP contribution in [0.25, 0.3) is 0 Å². The second-order valence-corrected chi connectivity index (χ2v) is 6.26. The molecule has 6 nitrogen and oxygen atoms in total. The minimum absolute atomic E-state index is 0.666. The first-order chi connectivity index (χ1) is 11.2. The number of ether oxygens (including phenoxy) is 1. The van der Waals surface area contributed by atoms with Gasteiger partial charge in [0.1, 0.15) is 0 Å². The maximum atomic E-state index is 5.13. The highest BCUT2D eigenvalue weighted by Crippen LogP contribution is 2.12. The van der Waals surface area contributed by atoms with Crippen LogP contribution in [0, 0.1) is 13.8 Å². The molecule has 0 bridgehead atoms. The number of aromatic nitrogens is 2. The Bertz CT molecular complexity index is 633. The summed E-state index contributed by atoms with van der Waals surface area (Å²) in [6.45, 7) is 7.05. The highest BCUT2D eigenvalue weighted by molar-refractivity contribution is 7.09. The Labute approximate surface area is 141 Å². The molecule has 0 aliphatic carbocycles. The Morgan fingerprint density at radius 1 is 1.35 bits per heavy atom. The van der Waals surface area contributed by atoms with Gasteiger partial charge in [-0.25, -0.2) is 0 Å². The number of hydrogen-bond acceptors (Lipinski definition) is 4. The van der Waals surface area contributed by atoms with Crippen molar-refractivity contribution in [2.45, 2.75) is 33.5 Å². The molecule has 0 fully saturated rings. The molecule has 2 aromatic heterocycles. The van der Waals surface area contributed by atoms with Crippen LogP contribution in [-0.4, -0.2) is 36.5 Å². The van der Waals surface area contributed by atoms with Gasteiger partial charge in [-0.3, -0.25) is 9.67 Å². The van der Waals surface area contributed by atoms with Gasteiger partial charge in [0.2, 0.25) is 0 Å². The minimum atomic E-state index is 0.666. The number of rotatable bonds is 7. The predicted molar refractivity (Wildman–Crippen MR) is 94.9 cm³/mol. The van der Waals surface area contributed by atoms with E-state index in [0.29, 0.717) is 13.2 Å². The lowest BCUT2D eigenvalue weighted by atomic mass is 10.2. The zero-order chi connectivity index (χ0) is 16.7. The Morgan fingerprint density at radius 3 is 2.78 bits per heavy atom. The molecule has 2 aromatic rings. The summed E-state index contributed by atoms with van der Waals surface area (Å²) in [6.07, 6.45) is 0. The van der Waals surface area contributed by atoms with Gasteiger partial charge < -0.3 is 15.4 Å². The van der Waals surface area contributed by atoms with E-state index < -0.39 is 0 Å². The number of nitrogens with one attached hydrogen (secondary N) is 2. The first-order valence-corrected chi connectivity index (χ1v) is 8.52. The van der Waals surface area contributed by atoms with E-state index in [1.807, 2.05) is 11.6 Å². The summed E-state index contributed by atoms with van der Waals surface area (Å²) in [5.74, 6) is 0.793. The molecule has 126 valence electrons. The van der Waals surface area contributed by atoms with Crippen molar-refractivity contribution in [3.8, 4) is 0 Å². The van der Waals surface area contributed by atoms with E-state index in [2.05, 4.69) is 45.2 Å². The SMILES string of the molecule is CN=C(NCc1cccs1)NCc1c(C)nn(CCOC)c1C. The van der Waals surface area contributed by atoms with Crippen LogP contribution in [0.3, 0.4) is 0 Å². The summed E-state index contributed by atoms with van der Waals surface area (Å²) in [4.78, 5) is 5.56. The van der Waals surface area contributed by atoms with Crippen molar-refractivity contribution in [3.63, 3.8) is 0 Å². The van der Waals surface area contributed by atoms with E-state index in [-0.39, 0.29) is 0 Å². The molecule has 2 rings (SSSR count). The molecule has 23 heavy (non-hydrogen) atoms. The molecule has 0 aromatic carbocycles. The molecule has 0 radical (unpaired) electrons. The molecular weight excluding hydrogens is 310 g/mol. The van der Waals surface area contributed by atoms with Crippen molar-refractivity contribution < 1.29 is 4.74 Å². The molecule has 0 saturated heterocycles. The summed E-state index contributed by atoms with van der Waals surface area (Å²) in [5.41, 5.74) is 3.42. The van der Waals surface area contributed by atoms with Gasteiger partial charge in [0, 0.05) is 36.8 Å². The molecule has 0 aliphatic heterocycles. The van der Waals surface area contributed by atoms with E-state index in [1.54, 1.807) is 25.5 Å². The Balaban J connectivity index is 1.92. The molecule has 0 saturated carbocycles. The van der Waals surface area contributed by atoms with Crippen LogP contribution < -0.4 is 10.6 Å². The van der Waals surface area contributed by atoms with Crippen molar-refractivity contribution in [2.24, 2.45) is 4.99 Å². The van der Waals surface area contributed by atoms with Crippen LogP contribution >= 0.6 is 11.3 Å². The van der Waals surface area contributed by atoms with Crippen LogP contribution in [-0.2, 0) is 24.4 Å². The smallest absolute Gasteiger partial charge is 0.191 e. The highest BCUT2D eigenvalue weighted by Gasteiger charge is 2.11. The third-order valence-corrected chi connectivity index (χ3v) is 4.58. The van der Waals surface area contributed by atoms with Crippen LogP contribution in [0.2, 0.25) is 0 Å². The van der Waals surface area contributed by atoms with Crippen molar-refractivity contribution in [1.29, 1.82) is 0 Å². The standard InChI is InChI=1S/C16H25N5OS/c1-12-15(13(2)21(20-12)7-8-22-4)11-19-16(17-3)18-10-14-6-5-9-23-14/h5-6,9H,7-8,10-11H2,1-4H3,(H2,17,18,19). The van der Waals surface area contributed by atoms with E-state index in [4.69, 9.17) is 4.74 Å². The molecule has 2 N–H and O–H groups in total. The summed E-state index contributed by atoms with van der Waals surface area (Å²) in [6, 6.07) is 4.16. The fourth-order valence-corrected chi connectivity index (χ4v) is 3.01. The lowest BCUT2D eigenvalue weighted by molar-refractivity contribution is 0.182. The van der Waals surface area contributed by atoms with Crippen LogP contribution in [0.1, 0.15) is 21.8 Å². The lowest BCUT2D eigenvalue weighted by Gasteiger charge is -2.11. The predicted octanol–water partition coefficient (Wildman–Crippen LogP) is 2.07. The number of aryl methyl sites for hydroxylation is 1. The van der Waals surface area contributed by atoms with E-state index in [0.717, 1.165) is 24.7 Å². The lowest BCUT2D eigenvalue weighted by Crippen LogP contribution is -2.36. The minimum Gasteiger partial charge on any atom is -0.383 e. The van der Waals surface area contributed by atoms with Gasteiger partial charge in [-0.15, -0.1) is 11.3 Å². The number of aliphatic imine (C=N–C) groups is 1. The summed E-state index contributed by atoms with van der Waals surface area (Å²) >= 11 is 1.74. The first kappa shape index (κ1) is 17.5. The fraction of sp³-hybridized carbons (Fsp3) is 0.500. The van der Waals surface area contributed by atoms with Crippen molar-refractivity contribution >= 4 is 17.3 Å². The van der Waals surface area contributed by atoms with Crippen molar-refractivity contribution in [3.05, 3.63) is 39.3 Å². The van der Waals surface area contributed by atoms with E-state index >= 15 is 0 Å². The first-order valence-electron chi connectivity index (χ1n) is 7.64. The number of nitrogens with zero attached hydrogens (tertiary/aromatic N) is 3. The maximum Gasteiger partial charge on any atom is 0.191 e. The second kappa shape index (κ2) is 8.69. The number of methoxy groups -OCH3 is 1. The molecule has 0 unspecified atom stereocenters. The largest absolute Gasteiger partial charge is 0.383 e. The molecule has 0 atom stereocenters. The van der Waals surface area contributed by atoms with E-state index in [9.17, 15) is 0 Å². The normalized spacial score (nSPS) is 11.7. The zero-order valence-electron chi connectivity index (χ0n) is 14.2. The second-order valence-electron chi connectivity index (χ2n) is 5.22. The topological polar surface area (TPSA) is 63.5 Å². The third-order valence-electron chi connectivity index (χ3n) is 3.70. The highest BCUT2D eigenvalue weighted by atomic mass is 32.1. The molecule has 0 spiro atoms. The van der Waals surface area contributed by atoms with Gasteiger partial charge in [-0.2, -0.15) is 5.10 Å². The van der Waals surface area contributed by atoms with Crippen molar-refractivity contribution in [1.82, 2.24) is 20.4 Å². The van der Waals surface area contributed by atoms with Crippen LogP contribution in [0.4, 0.5) is 0 Å². The maximum absolute atomic E-state index is 5.13. The van der Waals surface area contributed by atoms with Crippen LogP contribution in [0.5, 0.6) is 0 Å². The van der Waals surface area contributed by atoms with Gasteiger partial charge >= 0.3 is 0 Å². The van der Waals surface area contributed by atoms with E-state index in [1.165, 1.54) is 16.1 Å². The summed E-state index contributed by atoms with van der Waals surface area (Å²) in [7, 11) is 3.49.